The standard InChI is InChI=1S/C17H24N4O2/c1-12-16(13(2)20-19-12)8-9-17(23)18-14-4-6-15(7-5-14)21(3)10-11-22/h4-7,22H,8-11H2,1-3H3,(H,18,23)(H,19,20). The Morgan fingerprint density at radius 1 is 1.30 bits per heavy atom. The van der Waals surface area contributed by atoms with Gasteiger partial charge in [-0.1, -0.05) is 0 Å². The molecule has 124 valence electrons. The molecule has 0 aliphatic rings. The number of aromatic nitrogens is 2. The number of rotatable bonds is 7. The highest BCUT2D eigenvalue weighted by molar-refractivity contribution is 5.91. The predicted molar refractivity (Wildman–Crippen MR) is 91.8 cm³/mol. The van der Waals surface area contributed by atoms with Crippen LogP contribution in [-0.2, 0) is 11.2 Å². The molecule has 1 aromatic carbocycles. The van der Waals surface area contributed by atoms with Crippen molar-refractivity contribution in [2.24, 2.45) is 0 Å². The highest BCUT2D eigenvalue weighted by Gasteiger charge is 2.09. The first kappa shape index (κ1) is 17.0. The zero-order valence-corrected chi connectivity index (χ0v) is 13.9. The van der Waals surface area contributed by atoms with Crippen molar-refractivity contribution in [2.45, 2.75) is 26.7 Å². The first-order valence-corrected chi connectivity index (χ1v) is 7.73. The summed E-state index contributed by atoms with van der Waals surface area (Å²) in [4.78, 5) is 14.0. The number of carbonyl (C=O) groups is 1. The van der Waals surface area contributed by atoms with Gasteiger partial charge in [0.25, 0.3) is 0 Å². The summed E-state index contributed by atoms with van der Waals surface area (Å²) in [5.41, 5.74) is 4.86. The van der Waals surface area contributed by atoms with Crippen molar-refractivity contribution in [3.8, 4) is 0 Å². The fourth-order valence-electron chi connectivity index (χ4n) is 2.48. The summed E-state index contributed by atoms with van der Waals surface area (Å²) in [7, 11) is 1.92. The molecule has 0 aliphatic carbocycles. The average molecular weight is 316 g/mol. The second kappa shape index (κ2) is 7.78. The van der Waals surface area contributed by atoms with Gasteiger partial charge in [-0.15, -0.1) is 0 Å². The summed E-state index contributed by atoms with van der Waals surface area (Å²) < 4.78 is 0. The van der Waals surface area contributed by atoms with E-state index in [-0.39, 0.29) is 12.5 Å². The monoisotopic (exact) mass is 316 g/mol. The summed E-state index contributed by atoms with van der Waals surface area (Å²) in [5, 5.41) is 18.9. The van der Waals surface area contributed by atoms with Crippen LogP contribution in [0.2, 0.25) is 0 Å². The number of aryl methyl sites for hydroxylation is 2. The first-order chi connectivity index (χ1) is 11.0. The van der Waals surface area contributed by atoms with Crippen LogP contribution in [0.15, 0.2) is 24.3 Å². The van der Waals surface area contributed by atoms with E-state index in [1.165, 1.54) is 0 Å². The topological polar surface area (TPSA) is 81.2 Å². The van der Waals surface area contributed by atoms with Crippen molar-refractivity contribution >= 4 is 17.3 Å². The molecule has 0 aliphatic heterocycles. The summed E-state index contributed by atoms with van der Waals surface area (Å²) in [6, 6.07) is 7.59. The summed E-state index contributed by atoms with van der Waals surface area (Å²) in [6.07, 6.45) is 1.10. The van der Waals surface area contributed by atoms with E-state index in [0.717, 1.165) is 28.3 Å². The Hall–Kier alpha value is -2.34. The normalized spacial score (nSPS) is 10.6. The lowest BCUT2D eigenvalue weighted by Crippen LogP contribution is -2.21. The maximum atomic E-state index is 12.1. The Kier molecular flexibility index (Phi) is 5.76. The molecule has 2 aromatic rings. The van der Waals surface area contributed by atoms with E-state index in [1.54, 1.807) is 0 Å². The minimum absolute atomic E-state index is 0.0125. The van der Waals surface area contributed by atoms with Crippen molar-refractivity contribution in [1.82, 2.24) is 10.2 Å². The van der Waals surface area contributed by atoms with E-state index < -0.39 is 0 Å². The van der Waals surface area contributed by atoms with Gasteiger partial charge in [0.15, 0.2) is 0 Å². The molecule has 1 aromatic heterocycles. The number of nitrogens with one attached hydrogen (secondary N) is 2. The van der Waals surface area contributed by atoms with Gasteiger partial charge in [-0.2, -0.15) is 5.10 Å². The lowest BCUT2D eigenvalue weighted by Gasteiger charge is -2.18. The highest BCUT2D eigenvalue weighted by Crippen LogP contribution is 2.17. The Morgan fingerprint density at radius 3 is 2.57 bits per heavy atom. The number of amides is 1. The molecule has 6 nitrogen and oxygen atoms in total. The number of aliphatic hydroxyl groups is 1. The Labute approximate surface area is 136 Å². The first-order valence-electron chi connectivity index (χ1n) is 7.73. The highest BCUT2D eigenvalue weighted by atomic mass is 16.3. The van der Waals surface area contributed by atoms with E-state index in [0.29, 0.717) is 19.4 Å². The maximum Gasteiger partial charge on any atom is 0.224 e. The fourth-order valence-corrected chi connectivity index (χ4v) is 2.48. The van der Waals surface area contributed by atoms with Crippen LogP contribution in [0.4, 0.5) is 11.4 Å². The van der Waals surface area contributed by atoms with Gasteiger partial charge in [0.05, 0.1) is 12.3 Å². The van der Waals surface area contributed by atoms with Crippen molar-refractivity contribution < 1.29 is 9.90 Å². The van der Waals surface area contributed by atoms with Crippen LogP contribution >= 0.6 is 0 Å². The molecule has 0 bridgehead atoms. The van der Waals surface area contributed by atoms with E-state index in [9.17, 15) is 4.79 Å². The average Bonchev–Trinajstić information content (AvgIpc) is 2.85. The molecule has 1 heterocycles. The number of aromatic amines is 1. The second-order valence-electron chi connectivity index (χ2n) is 5.65. The Balaban J connectivity index is 1.88. The van der Waals surface area contributed by atoms with Gasteiger partial charge >= 0.3 is 0 Å². The summed E-state index contributed by atoms with van der Waals surface area (Å²) in [6.45, 7) is 4.60. The smallest absolute Gasteiger partial charge is 0.224 e. The van der Waals surface area contributed by atoms with Crippen LogP contribution in [0.1, 0.15) is 23.4 Å². The third kappa shape index (κ3) is 4.56. The van der Waals surface area contributed by atoms with Crippen molar-refractivity contribution in [1.29, 1.82) is 0 Å². The number of H-pyrrole nitrogens is 1. The number of benzene rings is 1. The van der Waals surface area contributed by atoms with Gasteiger partial charge in [0.2, 0.25) is 5.91 Å². The molecule has 0 atom stereocenters. The van der Waals surface area contributed by atoms with E-state index >= 15 is 0 Å². The lowest BCUT2D eigenvalue weighted by molar-refractivity contribution is -0.116. The Bertz CT molecular complexity index is 630. The van der Waals surface area contributed by atoms with Crippen LogP contribution in [0, 0.1) is 13.8 Å². The molecule has 0 saturated heterocycles. The minimum Gasteiger partial charge on any atom is -0.395 e. The number of hydrogen-bond acceptors (Lipinski definition) is 4. The summed E-state index contributed by atoms with van der Waals surface area (Å²) >= 11 is 0. The maximum absolute atomic E-state index is 12.1. The van der Waals surface area contributed by atoms with Gasteiger partial charge in [-0.3, -0.25) is 9.89 Å². The largest absolute Gasteiger partial charge is 0.395 e. The Morgan fingerprint density at radius 2 is 2.00 bits per heavy atom. The molecule has 0 radical (unpaired) electrons. The van der Waals surface area contributed by atoms with Crippen LogP contribution in [0.25, 0.3) is 0 Å². The SMILES string of the molecule is Cc1n[nH]c(C)c1CCC(=O)Nc1ccc(N(C)CCO)cc1. The number of carbonyl (C=O) groups excluding carboxylic acids is 1. The van der Waals surface area contributed by atoms with Crippen LogP contribution in [0.3, 0.4) is 0 Å². The molecule has 23 heavy (non-hydrogen) atoms. The van der Waals surface area contributed by atoms with E-state index in [1.807, 2.05) is 50.1 Å². The predicted octanol–water partition coefficient (Wildman–Crippen LogP) is 2.03. The minimum atomic E-state index is -0.0125. The number of nitrogens with zero attached hydrogens (tertiary/aromatic N) is 2. The molecule has 6 heteroatoms. The molecular formula is C17H24N4O2. The van der Waals surface area contributed by atoms with Crippen LogP contribution < -0.4 is 10.2 Å². The van der Waals surface area contributed by atoms with E-state index in [4.69, 9.17) is 5.11 Å². The summed E-state index contributed by atoms with van der Waals surface area (Å²) in [5.74, 6) is -0.0125. The zero-order chi connectivity index (χ0) is 16.8. The third-order valence-corrected chi connectivity index (χ3v) is 3.91. The van der Waals surface area contributed by atoms with Crippen molar-refractivity contribution in [3.63, 3.8) is 0 Å². The van der Waals surface area contributed by atoms with Gasteiger partial charge in [-0.25, -0.2) is 0 Å². The lowest BCUT2D eigenvalue weighted by atomic mass is 10.1. The fraction of sp³-hybridized carbons (Fsp3) is 0.412. The number of aliphatic hydroxyl groups excluding tert-OH is 1. The molecule has 0 unspecified atom stereocenters. The molecule has 0 saturated carbocycles. The van der Waals surface area contributed by atoms with Gasteiger partial charge in [0.1, 0.15) is 0 Å². The van der Waals surface area contributed by atoms with Crippen LogP contribution in [-0.4, -0.2) is 41.4 Å². The second-order valence-corrected chi connectivity index (χ2v) is 5.65. The molecule has 0 spiro atoms. The number of hydrogen-bond donors (Lipinski definition) is 3. The van der Waals surface area contributed by atoms with Crippen LogP contribution in [0.5, 0.6) is 0 Å². The quantitative estimate of drug-likeness (QED) is 0.730. The molecule has 3 N–H and O–H groups in total. The molecule has 2 rings (SSSR count). The van der Waals surface area contributed by atoms with Gasteiger partial charge in [0, 0.05) is 37.1 Å². The van der Waals surface area contributed by atoms with Gasteiger partial charge in [-0.05, 0) is 50.1 Å². The molecule has 1 amide bonds. The molecule has 0 fully saturated rings. The molecular weight excluding hydrogens is 292 g/mol. The zero-order valence-electron chi connectivity index (χ0n) is 13.9. The number of anilines is 2. The third-order valence-electron chi connectivity index (χ3n) is 3.91. The van der Waals surface area contributed by atoms with Crippen molar-refractivity contribution in [2.75, 3.05) is 30.4 Å². The van der Waals surface area contributed by atoms with Gasteiger partial charge < -0.3 is 15.3 Å². The number of likely N-dealkylation sites (N-methyl/N-ethyl adjacent to an activating group) is 1. The van der Waals surface area contributed by atoms with Crippen molar-refractivity contribution in [3.05, 3.63) is 41.2 Å². The van der Waals surface area contributed by atoms with E-state index in [2.05, 4.69) is 15.5 Å².